The first kappa shape index (κ1) is 27.4. The fraction of sp³-hybridized carbons (Fsp3) is 0.429. The molecule has 6 nitrogen and oxygen atoms in total. The zero-order valence-corrected chi connectivity index (χ0v) is 20.4. The molecule has 14 heteroatoms. The van der Waals surface area contributed by atoms with E-state index in [0.717, 1.165) is 23.7 Å². The van der Waals surface area contributed by atoms with Crippen LogP contribution < -0.4 is 0 Å². The van der Waals surface area contributed by atoms with Crippen LogP contribution in [0.25, 0.3) is 11.1 Å². The van der Waals surface area contributed by atoms with Crippen LogP contribution in [0.5, 0.6) is 0 Å². The molecule has 194 valence electrons. The molecule has 0 saturated carbocycles. The second-order valence-corrected chi connectivity index (χ2v) is 12.9. The Hall–Kier alpha value is -2.16. The molecule has 1 aliphatic heterocycles. The van der Waals surface area contributed by atoms with Crippen LogP contribution in [0.15, 0.2) is 46.2 Å². The van der Waals surface area contributed by atoms with Crippen molar-refractivity contribution in [3.63, 3.8) is 0 Å². The summed E-state index contributed by atoms with van der Waals surface area (Å²) in [5.41, 5.74) is -11.9. The van der Waals surface area contributed by atoms with Gasteiger partial charge in [0.15, 0.2) is 0 Å². The van der Waals surface area contributed by atoms with Crippen molar-refractivity contribution in [3.05, 3.63) is 47.5 Å². The van der Waals surface area contributed by atoms with Gasteiger partial charge in [-0.1, -0.05) is 30.3 Å². The summed E-state index contributed by atoms with van der Waals surface area (Å²) in [6.07, 6.45) is 0.118. The molecule has 1 atom stereocenters. The third-order valence-corrected chi connectivity index (χ3v) is 8.49. The molecule has 0 spiro atoms. The van der Waals surface area contributed by atoms with Gasteiger partial charge < -0.3 is 9.22 Å². The lowest BCUT2D eigenvalue weighted by Gasteiger charge is -2.22. The van der Waals surface area contributed by atoms with Crippen molar-refractivity contribution in [2.75, 3.05) is 34.3 Å². The molecule has 0 amide bonds. The average molecular weight is 547 g/mol. The molecule has 4 rings (SSSR count). The normalized spacial score (nSPS) is 17.8. The summed E-state index contributed by atoms with van der Waals surface area (Å²) in [4.78, 5) is -3.81. The highest BCUT2D eigenvalue weighted by molar-refractivity contribution is 7.95. The number of ether oxygens (including phenoxy) is 1. The van der Waals surface area contributed by atoms with E-state index in [2.05, 4.69) is 21.1 Å². The van der Waals surface area contributed by atoms with Crippen LogP contribution in [0, 0.1) is 0 Å². The predicted molar refractivity (Wildman–Crippen MR) is 114 cm³/mol. The summed E-state index contributed by atoms with van der Waals surface area (Å²) in [6, 6.07) is 7.06. The molecule has 0 aromatic heterocycles. The highest BCUT2D eigenvalue weighted by Crippen LogP contribution is 2.47. The minimum Gasteiger partial charge on any atom is -0.367 e. The molecule has 1 unspecified atom stereocenters. The van der Waals surface area contributed by atoms with E-state index in [9.17, 15) is 43.2 Å². The fourth-order valence-electron chi connectivity index (χ4n) is 3.69. The number of rotatable bonds is 4. The van der Waals surface area contributed by atoms with E-state index in [0.29, 0.717) is 17.2 Å². The average Bonchev–Trinajstić information content (AvgIpc) is 3.40. The van der Waals surface area contributed by atoms with Gasteiger partial charge in [0.25, 0.3) is 19.7 Å². The van der Waals surface area contributed by atoms with Gasteiger partial charge in [-0.2, -0.15) is 26.3 Å². The molecule has 0 N–H and O–H groups in total. The van der Waals surface area contributed by atoms with Crippen LogP contribution in [0.2, 0.25) is 0 Å². The third kappa shape index (κ3) is 5.49. The number of nitrogens with zero attached hydrogens (tertiary/aromatic N) is 1. The summed E-state index contributed by atoms with van der Waals surface area (Å²) >= 11 is 0. The van der Waals surface area contributed by atoms with Gasteiger partial charge in [0, 0.05) is 6.42 Å². The van der Waals surface area contributed by atoms with Crippen molar-refractivity contribution in [1.29, 1.82) is 0 Å². The standard InChI is InChI=1S/C15H8F6O4S2.C6H14NO/c16-14(17,18)26(22,23)12-6-5-10-9-4-2-1-3-8(9)7-11(10)13(12)27(24,25)15(19,20)21;1-7(2,3)4-6-5-8-6/h1-6H,7H2;6H,4-5H2,1-3H3/q;+1. The highest BCUT2D eigenvalue weighted by Gasteiger charge is 2.55. The maximum Gasteiger partial charge on any atom is 0.501 e. The van der Waals surface area contributed by atoms with Crippen molar-refractivity contribution >= 4 is 19.7 Å². The molecular weight excluding hydrogens is 524 g/mol. The molecule has 1 aliphatic carbocycles. The maximum atomic E-state index is 13.1. The second-order valence-electron chi connectivity index (χ2n) is 9.08. The zero-order chi connectivity index (χ0) is 26.6. The van der Waals surface area contributed by atoms with Crippen LogP contribution in [-0.4, -0.2) is 72.7 Å². The van der Waals surface area contributed by atoms with Gasteiger partial charge in [0.1, 0.15) is 12.6 Å². The first-order chi connectivity index (χ1) is 15.8. The number of fused-ring (bicyclic) bond motifs is 3. The largest absolute Gasteiger partial charge is 0.501 e. The number of benzene rings is 2. The van der Waals surface area contributed by atoms with Crippen LogP contribution in [-0.2, 0) is 30.8 Å². The van der Waals surface area contributed by atoms with E-state index in [-0.39, 0.29) is 11.6 Å². The molecule has 35 heavy (non-hydrogen) atoms. The van der Waals surface area contributed by atoms with E-state index in [1.165, 1.54) is 24.3 Å². The summed E-state index contributed by atoms with van der Waals surface area (Å²) in [6.45, 7) is 2.13. The molecule has 0 radical (unpaired) electrons. The highest BCUT2D eigenvalue weighted by atomic mass is 32.2. The Balaban J connectivity index is 0.000000363. The van der Waals surface area contributed by atoms with Crippen LogP contribution in [0.4, 0.5) is 26.3 Å². The number of likely N-dealkylation sites (N-methyl/N-ethyl adjacent to an activating group) is 1. The Bertz CT molecular complexity index is 1340. The predicted octanol–water partition coefficient (Wildman–Crippen LogP) is 3.94. The Morgan fingerprint density at radius 3 is 1.86 bits per heavy atom. The van der Waals surface area contributed by atoms with Crippen molar-refractivity contribution in [3.8, 4) is 11.1 Å². The lowest BCUT2D eigenvalue weighted by atomic mass is 10.1. The lowest BCUT2D eigenvalue weighted by Crippen LogP contribution is -2.37. The lowest BCUT2D eigenvalue weighted by molar-refractivity contribution is -0.870. The maximum absolute atomic E-state index is 13.1. The molecular formula is C21H22F6NO5S2+. The SMILES string of the molecule is C[N+](C)(C)CC1CO1.O=S(=O)(c1ccc2c(c1S(=O)(=O)C(F)(F)F)Cc1ccccc1-2)C(F)(F)F. The van der Waals surface area contributed by atoms with E-state index in [1.54, 1.807) is 0 Å². The first-order valence-corrected chi connectivity index (χ1v) is 13.0. The molecule has 2 aromatic rings. The minimum atomic E-state index is -6.37. The number of quaternary nitrogens is 1. The monoisotopic (exact) mass is 546 g/mol. The summed E-state index contributed by atoms with van der Waals surface area (Å²) in [5, 5.41) is 0. The summed E-state index contributed by atoms with van der Waals surface area (Å²) in [7, 11) is -6.16. The minimum absolute atomic E-state index is 0.0606. The number of epoxide rings is 1. The van der Waals surface area contributed by atoms with Crippen LogP contribution in [0.3, 0.4) is 0 Å². The number of halogens is 6. The smallest absolute Gasteiger partial charge is 0.367 e. The molecule has 0 bridgehead atoms. The van der Waals surface area contributed by atoms with E-state index in [1.807, 2.05) is 0 Å². The Morgan fingerprint density at radius 2 is 1.40 bits per heavy atom. The van der Waals surface area contributed by atoms with E-state index in [4.69, 9.17) is 4.74 Å². The van der Waals surface area contributed by atoms with Gasteiger partial charge in [-0.05, 0) is 28.3 Å². The van der Waals surface area contributed by atoms with Gasteiger partial charge >= 0.3 is 11.0 Å². The topological polar surface area (TPSA) is 80.8 Å². The van der Waals surface area contributed by atoms with Crippen LogP contribution >= 0.6 is 0 Å². The second kappa shape index (κ2) is 8.75. The van der Waals surface area contributed by atoms with Gasteiger partial charge in [-0.25, -0.2) is 16.8 Å². The molecule has 1 saturated heterocycles. The van der Waals surface area contributed by atoms with E-state index >= 15 is 0 Å². The number of alkyl halides is 6. The van der Waals surface area contributed by atoms with Gasteiger partial charge in [0.05, 0.1) is 37.5 Å². The van der Waals surface area contributed by atoms with E-state index < -0.39 is 52.5 Å². The quantitative estimate of drug-likeness (QED) is 0.282. The number of hydrogen-bond donors (Lipinski definition) is 0. The Kier molecular flexibility index (Phi) is 6.85. The Morgan fingerprint density at radius 1 is 0.857 bits per heavy atom. The fourth-order valence-corrected chi connectivity index (χ4v) is 6.29. The summed E-state index contributed by atoms with van der Waals surface area (Å²) in [5.74, 6) is 0. The molecule has 2 aromatic carbocycles. The summed E-state index contributed by atoms with van der Waals surface area (Å²) < 4.78 is 132. The van der Waals surface area contributed by atoms with Gasteiger partial charge in [-0.3, -0.25) is 0 Å². The molecule has 1 heterocycles. The Labute approximate surface area is 198 Å². The van der Waals surface area contributed by atoms with Crippen LogP contribution in [0.1, 0.15) is 11.1 Å². The number of sulfone groups is 2. The molecule has 2 aliphatic rings. The number of hydrogen-bond acceptors (Lipinski definition) is 5. The molecule has 1 fully saturated rings. The van der Waals surface area contributed by atoms with Crippen molar-refractivity contribution in [2.45, 2.75) is 33.3 Å². The van der Waals surface area contributed by atoms with Gasteiger partial charge in [-0.15, -0.1) is 0 Å². The van der Waals surface area contributed by atoms with Crippen molar-refractivity contribution < 1.29 is 52.4 Å². The van der Waals surface area contributed by atoms with Gasteiger partial charge in [0.2, 0.25) is 0 Å². The third-order valence-electron chi connectivity index (χ3n) is 5.22. The zero-order valence-electron chi connectivity index (χ0n) is 18.7. The van der Waals surface area contributed by atoms with Crippen molar-refractivity contribution in [1.82, 2.24) is 0 Å². The first-order valence-electron chi connectivity index (χ1n) is 10.1. The van der Waals surface area contributed by atoms with Crippen molar-refractivity contribution in [2.24, 2.45) is 0 Å².